The molecule has 0 aliphatic rings. The largest absolute Gasteiger partial charge is 0.356 e. The molecule has 4 heteroatoms. The van der Waals surface area contributed by atoms with Gasteiger partial charge in [-0.1, -0.05) is 12.1 Å². The molecule has 0 spiro atoms. The van der Waals surface area contributed by atoms with Gasteiger partial charge < -0.3 is 5.32 Å². The van der Waals surface area contributed by atoms with E-state index < -0.39 is 0 Å². The van der Waals surface area contributed by atoms with E-state index in [9.17, 15) is 4.79 Å². The molecule has 1 aromatic carbocycles. The fraction of sp³-hybridized carbons (Fsp3) is 0.333. The van der Waals surface area contributed by atoms with Crippen LogP contribution < -0.4 is 5.32 Å². The Balaban J connectivity index is 1.92. The Kier molecular flexibility index (Phi) is 3.51. The maximum atomic E-state index is 10.7. The Hall–Kier alpha value is -1.42. The van der Waals surface area contributed by atoms with Crippen LogP contribution in [0.15, 0.2) is 24.3 Å². The van der Waals surface area contributed by atoms with Crippen LogP contribution in [-0.4, -0.2) is 17.4 Å². The average molecular weight is 234 g/mol. The molecule has 0 radical (unpaired) electrons. The van der Waals surface area contributed by atoms with Crippen molar-refractivity contribution in [2.24, 2.45) is 0 Å². The van der Waals surface area contributed by atoms with Gasteiger partial charge in [-0.2, -0.15) is 0 Å². The molecule has 0 saturated carbocycles. The number of nitrogens with zero attached hydrogens (tertiary/aromatic N) is 1. The zero-order valence-electron chi connectivity index (χ0n) is 9.19. The molecule has 84 valence electrons. The SMILES string of the molecule is CC(=O)NCCCc1nc2ccccc2s1. The molecule has 3 nitrogen and oxygen atoms in total. The molecule has 1 amide bonds. The minimum Gasteiger partial charge on any atom is -0.356 e. The van der Waals surface area contributed by atoms with Crippen LogP contribution in [0.5, 0.6) is 0 Å². The predicted octanol–water partition coefficient (Wildman–Crippen LogP) is 2.37. The minimum atomic E-state index is 0.0318. The molecular formula is C12H14N2OS. The Labute approximate surface area is 98.5 Å². The van der Waals surface area contributed by atoms with Gasteiger partial charge in [-0.3, -0.25) is 4.79 Å². The number of carbonyl (C=O) groups excluding carboxylic acids is 1. The van der Waals surface area contributed by atoms with Crippen LogP contribution in [0.25, 0.3) is 10.2 Å². The van der Waals surface area contributed by atoms with Crippen LogP contribution in [0.4, 0.5) is 0 Å². The smallest absolute Gasteiger partial charge is 0.216 e. The molecular weight excluding hydrogens is 220 g/mol. The number of amides is 1. The normalized spacial score (nSPS) is 10.6. The summed E-state index contributed by atoms with van der Waals surface area (Å²) in [6.07, 6.45) is 1.87. The van der Waals surface area contributed by atoms with Crippen molar-refractivity contribution in [3.05, 3.63) is 29.3 Å². The van der Waals surface area contributed by atoms with Crippen LogP contribution in [0, 0.1) is 0 Å². The standard InChI is InChI=1S/C12H14N2OS/c1-9(15)13-8-4-7-12-14-10-5-2-3-6-11(10)16-12/h2-3,5-6H,4,7-8H2,1H3,(H,13,15). The first kappa shape index (κ1) is 11.1. The Bertz CT molecular complexity index is 459. The van der Waals surface area contributed by atoms with Crippen molar-refractivity contribution < 1.29 is 4.79 Å². The number of rotatable bonds is 4. The Morgan fingerprint density at radius 3 is 3.00 bits per heavy atom. The van der Waals surface area contributed by atoms with E-state index in [1.165, 1.54) is 11.6 Å². The van der Waals surface area contributed by atoms with Gasteiger partial charge in [-0.15, -0.1) is 11.3 Å². The summed E-state index contributed by atoms with van der Waals surface area (Å²) in [6.45, 7) is 2.27. The number of carbonyl (C=O) groups is 1. The molecule has 1 aromatic heterocycles. The minimum absolute atomic E-state index is 0.0318. The van der Waals surface area contributed by atoms with Gasteiger partial charge in [0.05, 0.1) is 15.2 Å². The van der Waals surface area contributed by atoms with Gasteiger partial charge in [-0.25, -0.2) is 4.98 Å². The van der Waals surface area contributed by atoms with E-state index in [1.807, 2.05) is 18.2 Å². The van der Waals surface area contributed by atoms with E-state index in [0.29, 0.717) is 0 Å². The third-order valence-corrected chi connectivity index (χ3v) is 3.38. The van der Waals surface area contributed by atoms with E-state index in [2.05, 4.69) is 16.4 Å². The van der Waals surface area contributed by atoms with Crippen LogP contribution in [-0.2, 0) is 11.2 Å². The number of benzene rings is 1. The second-order valence-electron chi connectivity index (χ2n) is 3.66. The van der Waals surface area contributed by atoms with E-state index in [0.717, 1.165) is 29.9 Å². The number of aromatic nitrogens is 1. The second-order valence-corrected chi connectivity index (χ2v) is 4.78. The summed E-state index contributed by atoms with van der Waals surface area (Å²) in [6, 6.07) is 8.15. The number of nitrogens with one attached hydrogen (secondary N) is 1. The highest BCUT2D eigenvalue weighted by Crippen LogP contribution is 2.22. The van der Waals surface area contributed by atoms with Crippen LogP contribution in [0.3, 0.4) is 0 Å². The van der Waals surface area contributed by atoms with Gasteiger partial charge in [0.2, 0.25) is 5.91 Å². The summed E-state index contributed by atoms with van der Waals surface area (Å²) in [4.78, 5) is 15.2. The number of para-hydroxylation sites is 1. The highest BCUT2D eigenvalue weighted by molar-refractivity contribution is 7.18. The number of aryl methyl sites for hydroxylation is 1. The number of hydrogen-bond acceptors (Lipinski definition) is 3. The summed E-state index contributed by atoms with van der Waals surface area (Å²) in [7, 11) is 0. The van der Waals surface area contributed by atoms with Crippen molar-refractivity contribution in [2.75, 3.05) is 6.54 Å². The molecule has 16 heavy (non-hydrogen) atoms. The van der Waals surface area contributed by atoms with Crippen LogP contribution in [0.2, 0.25) is 0 Å². The fourth-order valence-corrected chi connectivity index (χ4v) is 2.54. The summed E-state index contributed by atoms with van der Waals surface area (Å²) in [5.41, 5.74) is 1.07. The van der Waals surface area contributed by atoms with Gasteiger partial charge >= 0.3 is 0 Å². The fourth-order valence-electron chi connectivity index (χ4n) is 1.53. The maximum Gasteiger partial charge on any atom is 0.216 e. The average Bonchev–Trinajstić information content (AvgIpc) is 2.66. The molecule has 0 unspecified atom stereocenters. The van der Waals surface area contributed by atoms with Crippen molar-refractivity contribution in [3.63, 3.8) is 0 Å². The zero-order chi connectivity index (χ0) is 11.4. The lowest BCUT2D eigenvalue weighted by Crippen LogP contribution is -2.21. The summed E-state index contributed by atoms with van der Waals surface area (Å²) in [5, 5.41) is 3.93. The van der Waals surface area contributed by atoms with E-state index in [1.54, 1.807) is 11.3 Å². The van der Waals surface area contributed by atoms with Gasteiger partial charge in [0.15, 0.2) is 0 Å². The summed E-state index contributed by atoms with van der Waals surface area (Å²) < 4.78 is 1.23. The lowest BCUT2D eigenvalue weighted by atomic mass is 10.3. The first-order valence-corrected chi connectivity index (χ1v) is 6.16. The maximum absolute atomic E-state index is 10.7. The number of fused-ring (bicyclic) bond motifs is 1. The van der Waals surface area contributed by atoms with Crippen molar-refractivity contribution in [1.29, 1.82) is 0 Å². The van der Waals surface area contributed by atoms with Crippen molar-refractivity contribution in [1.82, 2.24) is 10.3 Å². The molecule has 0 atom stereocenters. The monoisotopic (exact) mass is 234 g/mol. The topological polar surface area (TPSA) is 42.0 Å². The predicted molar refractivity (Wildman–Crippen MR) is 66.6 cm³/mol. The first-order valence-electron chi connectivity index (χ1n) is 5.34. The van der Waals surface area contributed by atoms with Gasteiger partial charge in [0.1, 0.15) is 0 Å². The molecule has 0 aliphatic carbocycles. The Morgan fingerprint density at radius 1 is 1.44 bits per heavy atom. The lowest BCUT2D eigenvalue weighted by Gasteiger charge is -1.98. The van der Waals surface area contributed by atoms with Crippen molar-refractivity contribution in [2.45, 2.75) is 19.8 Å². The third-order valence-electron chi connectivity index (χ3n) is 2.28. The van der Waals surface area contributed by atoms with Gasteiger partial charge in [0, 0.05) is 19.9 Å². The molecule has 2 aromatic rings. The molecule has 0 aliphatic heterocycles. The molecule has 0 bridgehead atoms. The van der Waals surface area contributed by atoms with Gasteiger partial charge in [0.25, 0.3) is 0 Å². The summed E-state index contributed by atoms with van der Waals surface area (Å²) in [5.74, 6) is 0.0318. The van der Waals surface area contributed by atoms with E-state index >= 15 is 0 Å². The number of hydrogen-bond donors (Lipinski definition) is 1. The molecule has 1 heterocycles. The Morgan fingerprint density at radius 2 is 2.25 bits per heavy atom. The molecule has 0 saturated heterocycles. The van der Waals surface area contributed by atoms with E-state index in [4.69, 9.17) is 0 Å². The quantitative estimate of drug-likeness (QED) is 0.825. The first-order chi connectivity index (χ1) is 7.75. The molecule has 0 fully saturated rings. The van der Waals surface area contributed by atoms with Gasteiger partial charge in [-0.05, 0) is 18.6 Å². The van der Waals surface area contributed by atoms with E-state index in [-0.39, 0.29) is 5.91 Å². The zero-order valence-corrected chi connectivity index (χ0v) is 10.0. The van der Waals surface area contributed by atoms with Crippen molar-refractivity contribution in [3.8, 4) is 0 Å². The second kappa shape index (κ2) is 5.07. The summed E-state index contributed by atoms with van der Waals surface area (Å²) >= 11 is 1.73. The highest BCUT2D eigenvalue weighted by Gasteiger charge is 2.02. The molecule has 2 rings (SSSR count). The van der Waals surface area contributed by atoms with Crippen LogP contribution in [0.1, 0.15) is 18.4 Å². The van der Waals surface area contributed by atoms with Crippen LogP contribution >= 0.6 is 11.3 Å². The molecule has 1 N–H and O–H groups in total. The van der Waals surface area contributed by atoms with Crippen molar-refractivity contribution >= 4 is 27.5 Å². The highest BCUT2D eigenvalue weighted by atomic mass is 32.1. The third kappa shape index (κ3) is 2.79. The number of thiazole rings is 1. The lowest BCUT2D eigenvalue weighted by molar-refractivity contribution is -0.118.